The van der Waals surface area contributed by atoms with Gasteiger partial charge in [0.2, 0.25) is 5.91 Å². The van der Waals surface area contributed by atoms with Crippen LogP contribution in [-0.2, 0) is 11.3 Å². The van der Waals surface area contributed by atoms with Crippen molar-refractivity contribution in [2.45, 2.75) is 6.54 Å². The zero-order valence-corrected chi connectivity index (χ0v) is 11.6. The van der Waals surface area contributed by atoms with Gasteiger partial charge in [0.05, 0.1) is 17.9 Å². The number of thioether (sulfide) groups is 1. The molecule has 0 unspecified atom stereocenters. The third kappa shape index (κ3) is 2.28. The number of para-hydroxylation sites is 1. The minimum Gasteiger partial charge on any atom is -0.458 e. The van der Waals surface area contributed by atoms with E-state index in [4.69, 9.17) is 10.3 Å². The van der Waals surface area contributed by atoms with E-state index >= 15 is 0 Å². The molecule has 3 N–H and O–H groups in total. The molecule has 1 aliphatic rings. The Balaban J connectivity index is 2.07. The lowest BCUT2D eigenvalue weighted by molar-refractivity contribution is -0.125. The van der Waals surface area contributed by atoms with Gasteiger partial charge in [0, 0.05) is 5.39 Å². The van der Waals surface area contributed by atoms with Crippen molar-refractivity contribution in [1.82, 2.24) is 10.3 Å². The van der Waals surface area contributed by atoms with E-state index in [1.54, 1.807) is 24.3 Å². The molecule has 2 heterocycles. The second-order valence-electron chi connectivity index (χ2n) is 4.40. The maximum absolute atomic E-state index is 12.0. The summed E-state index contributed by atoms with van der Waals surface area (Å²) in [5, 5.41) is 0.238. The number of fused-ring (bicyclic) bond motifs is 1. The summed E-state index contributed by atoms with van der Waals surface area (Å²) in [5.74, 6) is 4.71. The molecule has 1 aliphatic heterocycles. The smallest absolute Gasteiger partial charge is 0.289 e. The van der Waals surface area contributed by atoms with Gasteiger partial charge in [-0.1, -0.05) is 30.0 Å². The molecule has 8 heteroatoms. The first-order chi connectivity index (χ1) is 10.1. The summed E-state index contributed by atoms with van der Waals surface area (Å²) in [4.78, 5) is 36.4. The van der Waals surface area contributed by atoms with E-state index < -0.39 is 5.91 Å². The lowest BCUT2D eigenvalue weighted by Gasteiger charge is -2.11. The van der Waals surface area contributed by atoms with Crippen LogP contribution in [0.1, 0.15) is 16.1 Å². The molecule has 3 rings (SSSR count). The Kier molecular flexibility index (Phi) is 3.40. The number of rotatable bonds is 3. The fourth-order valence-electron chi connectivity index (χ4n) is 2.21. The molecule has 0 spiro atoms. The molecule has 2 aromatic rings. The molecule has 0 bridgehead atoms. The summed E-state index contributed by atoms with van der Waals surface area (Å²) < 4.78 is 5.61. The first kappa shape index (κ1) is 13.7. The number of nitrogen functional groups attached to an aromatic ring is 1. The summed E-state index contributed by atoms with van der Waals surface area (Å²) in [5.41, 5.74) is 2.79. The molecular formula is C13H11N3O4S. The van der Waals surface area contributed by atoms with Crippen LogP contribution in [0.3, 0.4) is 0 Å². The Hall–Kier alpha value is -2.32. The number of nitrogens with zero attached hydrogens (tertiary/aromatic N) is 1. The van der Waals surface area contributed by atoms with Crippen LogP contribution in [0, 0.1) is 0 Å². The summed E-state index contributed by atoms with van der Waals surface area (Å²) >= 11 is 0.930. The summed E-state index contributed by atoms with van der Waals surface area (Å²) in [7, 11) is 0. The van der Waals surface area contributed by atoms with Gasteiger partial charge in [0.15, 0.2) is 0 Å². The highest BCUT2D eigenvalue weighted by atomic mass is 32.2. The third-order valence-corrected chi connectivity index (χ3v) is 4.03. The molecule has 1 aromatic heterocycles. The van der Waals surface area contributed by atoms with Crippen LogP contribution >= 0.6 is 11.8 Å². The number of imide groups is 1. The van der Waals surface area contributed by atoms with Crippen molar-refractivity contribution in [1.29, 1.82) is 0 Å². The van der Waals surface area contributed by atoms with Gasteiger partial charge in [0.25, 0.3) is 11.1 Å². The van der Waals surface area contributed by atoms with Crippen molar-refractivity contribution in [3.8, 4) is 0 Å². The van der Waals surface area contributed by atoms with Crippen molar-refractivity contribution in [2.24, 2.45) is 5.84 Å². The standard InChI is InChI=1S/C13H11N3O4S/c14-15-12(18)11-7-3-1-2-4-8(7)20-9(11)5-16-10(17)6-21-13(16)19/h1-4H,5-6,14H2,(H,15,18). The number of benzene rings is 1. The monoisotopic (exact) mass is 305 g/mol. The van der Waals surface area contributed by atoms with Gasteiger partial charge in [-0.2, -0.15) is 0 Å². The summed E-state index contributed by atoms with van der Waals surface area (Å²) in [6.07, 6.45) is 0. The van der Waals surface area contributed by atoms with E-state index in [2.05, 4.69) is 5.43 Å². The van der Waals surface area contributed by atoms with Crippen LogP contribution in [0.5, 0.6) is 0 Å². The van der Waals surface area contributed by atoms with E-state index in [1.807, 2.05) is 0 Å². The number of nitrogens with two attached hydrogens (primary N) is 1. The Morgan fingerprint density at radius 3 is 2.81 bits per heavy atom. The first-order valence-corrected chi connectivity index (χ1v) is 7.09. The van der Waals surface area contributed by atoms with Gasteiger partial charge >= 0.3 is 0 Å². The maximum atomic E-state index is 12.0. The Morgan fingerprint density at radius 1 is 1.38 bits per heavy atom. The van der Waals surface area contributed by atoms with Gasteiger partial charge in [-0.05, 0) is 6.07 Å². The van der Waals surface area contributed by atoms with E-state index in [9.17, 15) is 14.4 Å². The molecule has 1 saturated heterocycles. The van der Waals surface area contributed by atoms with Gasteiger partial charge < -0.3 is 4.42 Å². The number of amides is 3. The van der Waals surface area contributed by atoms with Crippen LogP contribution < -0.4 is 11.3 Å². The van der Waals surface area contributed by atoms with Crippen LogP contribution in [0.2, 0.25) is 0 Å². The van der Waals surface area contributed by atoms with Crippen molar-refractivity contribution in [2.75, 3.05) is 5.75 Å². The molecule has 21 heavy (non-hydrogen) atoms. The highest BCUT2D eigenvalue weighted by Crippen LogP contribution is 2.29. The molecule has 0 saturated carbocycles. The SMILES string of the molecule is NNC(=O)c1c(CN2C(=O)CSC2=O)oc2ccccc12. The zero-order valence-electron chi connectivity index (χ0n) is 10.8. The average Bonchev–Trinajstić information content (AvgIpc) is 3.01. The van der Waals surface area contributed by atoms with E-state index in [-0.39, 0.29) is 34.8 Å². The molecule has 0 atom stereocenters. The zero-order chi connectivity index (χ0) is 15.0. The molecule has 3 amide bonds. The fourth-order valence-corrected chi connectivity index (χ4v) is 2.93. The summed E-state index contributed by atoms with van der Waals surface area (Å²) in [6.45, 7) is -0.0813. The number of hydrogen-bond acceptors (Lipinski definition) is 6. The van der Waals surface area contributed by atoms with Crippen LogP contribution in [0.15, 0.2) is 28.7 Å². The lowest BCUT2D eigenvalue weighted by atomic mass is 10.1. The molecule has 108 valence electrons. The van der Waals surface area contributed by atoms with Crippen molar-refractivity contribution in [3.63, 3.8) is 0 Å². The topological polar surface area (TPSA) is 106 Å². The van der Waals surface area contributed by atoms with Gasteiger partial charge in [-0.25, -0.2) is 5.84 Å². The van der Waals surface area contributed by atoms with Crippen LogP contribution in [-0.4, -0.2) is 27.7 Å². The highest BCUT2D eigenvalue weighted by Gasteiger charge is 2.32. The second kappa shape index (κ2) is 5.23. The molecule has 0 radical (unpaired) electrons. The molecular weight excluding hydrogens is 294 g/mol. The van der Waals surface area contributed by atoms with Crippen molar-refractivity contribution >= 4 is 39.8 Å². The van der Waals surface area contributed by atoms with Crippen molar-refractivity contribution < 1.29 is 18.8 Å². The van der Waals surface area contributed by atoms with Gasteiger partial charge in [0.1, 0.15) is 11.3 Å². The number of hydrazine groups is 1. The molecule has 7 nitrogen and oxygen atoms in total. The second-order valence-corrected chi connectivity index (χ2v) is 5.33. The van der Waals surface area contributed by atoms with E-state index in [0.29, 0.717) is 11.0 Å². The Bertz CT molecular complexity index is 739. The average molecular weight is 305 g/mol. The number of hydrogen-bond donors (Lipinski definition) is 2. The maximum Gasteiger partial charge on any atom is 0.289 e. The van der Waals surface area contributed by atoms with Crippen LogP contribution in [0.25, 0.3) is 11.0 Å². The Morgan fingerprint density at radius 2 is 2.14 bits per heavy atom. The minimum absolute atomic E-state index is 0.0813. The van der Waals surface area contributed by atoms with E-state index in [0.717, 1.165) is 16.7 Å². The first-order valence-electron chi connectivity index (χ1n) is 6.10. The number of furan rings is 1. The minimum atomic E-state index is -0.526. The molecule has 1 aromatic carbocycles. The lowest BCUT2D eigenvalue weighted by Crippen LogP contribution is -2.32. The number of nitrogens with one attached hydrogen (secondary N) is 1. The normalized spacial score (nSPS) is 15.0. The van der Waals surface area contributed by atoms with Gasteiger partial charge in [-0.15, -0.1) is 0 Å². The largest absolute Gasteiger partial charge is 0.458 e. The fraction of sp³-hybridized carbons (Fsp3) is 0.154. The predicted molar refractivity (Wildman–Crippen MR) is 76.3 cm³/mol. The van der Waals surface area contributed by atoms with Crippen LogP contribution in [0.4, 0.5) is 4.79 Å². The highest BCUT2D eigenvalue weighted by molar-refractivity contribution is 8.14. The Labute approximate surface area is 123 Å². The van der Waals surface area contributed by atoms with Gasteiger partial charge in [-0.3, -0.25) is 24.7 Å². The molecule has 0 aliphatic carbocycles. The van der Waals surface area contributed by atoms with E-state index in [1.165, 1.54) is 0 Å². The predicted octanol–water partition coefficient (Wildman–Crippen LogP) is 1.23. The molecule has 1 fully saturated rings. The summed E-state index contributed by atoms with van der Waals surface area (Å²) in [6, 6.07) is 6.95. The van der Waals surface area contributed by atoms with Crippen molar-refractivity contribution in [3.05, 3.63) is 35.6 Å². The number of carbonyl (C=O) groups is 3. The number of carbonyl (C=O) groups excluding carboxylic acids is 3. The quantitative estimate of drug-likeness (QED) is 0.502. The third-order valence-electron chi connectivity index (χ3n) is 3.17.